The van der Waals surface area contributed by atoms with E-state index in [0.717, 1.165) is 5.56 Å². The van der Waals surface area contributed by atoms with Gasteiger partial charge in [0.15, 0.2) is 0 Å². The van der Waals surface area contributed by atoms with Crippen LogP contribution in [0, 0.1) is 0 Å². The molecule has 0 aliphatic carbocycles. The summed E-state index contributed by atoms with van der Waals surface area (Å²) in [4.78, 5) is 26.7. The summed E-state index contributed by atoms with van der Waals surface area (Å²) in [6.45, 7) is 0.207. The van der Waals surface area contributed by atoms with Crippen LogP contribution in [0.25, 0.3) is 0 Å². The maximum Gasteiger partial charge on any atom is 0.354 e. The molecule has 1 aromatic carbocycles. The Morgan fingerprint density at radius 1 is 1.27 bits per heavy atom. The minimum absolute atomic E-state index is 0.0350. The first-order valence-electron chi connectivity index (χ1n) is 6.32. The first kappa shape index (κ1) is 15.8. The number of hydrogen-bond acceptors (Lipinski definition) is 4. The highest BCUT2D eigenvalue weighted by atomic mass is 35.5. The topological polar surface area (TPSA) is 88.5 Å². The number of ether oxygens (including phenoxy) is 1. The lowest BCUT2D eigenvalue weighted by atomic mass is 10.2. The number of carbonyl (C=O) groups excluding carboxylic acids is 1. The molecule has 0 spiro atoms. The summed E-state index contributed by atoms with van der Waals surface area (Å²) in [7, 11) is 1.51. The van der Waals surface area contributed by atoms with Crippen LogP contribution in [0.3, 0.4) is 0 Å². The molecule has 0 aliphatic rings. The fourth-order valence-corrected chi connectivity index (χ4v) is 1.97. The standard InChI is InChI=1S/C15H13ClN2O4/c1-22-13-7-10(16)6-5-9(13)8-17-14(19)11-3-2-4-12(18-11)15(20)21/h2-7H,8H2,1H3,(H,17,19)(H,20,21). The van der Waals surface area contributed by atoms with Crippen LogP contribution >= 0.6 is 11.6 Å². The molecule has 0 saturated heterocycles. The van der Waals surface area contributed by atoms with E-state index in [-0.39, 0.29) is 17.9 Å². The van der Waals surface area contributed by atoms with Crippen LogP contribution < -0.4 is 10.1 Å². The molecule has 0 radical (unpaired) electrons. The first-order valence-corrected chi connectivity index (χ1v) is 6.70. The Bertz CT molecular complexity index is 718. The molecule has 0 saturated carbocycles. The molecule has 6 nitrogen and oxygen atoms in total. The average molecular weight is 321 g/mol. The molecule has 1 heterocycles. The fraction of sp³-hybridized carbons (Fsp3) is 0.133. The molecule has 2 N–H and O–H groups in total. The van der Waals surface area contributed by atoms with Gasteiger partial charge in [-0.2, -0.15) is 0 Å². The van der Waals surface area contributed by atoms with Crippen molar-refractivity contribution in [3.63, 3.8) is 0 Å². The summed E-state index contributed by atoms with van der Waals surface area (Å²) in [6.07, 6.45) is 0. The van der Waals surface area contributed by atoms with E-state index >= 15 is 0 Å². The zero-order valence-electron chi connectivity index (χ0n) is 11.7. The fourth-order valence-electron chi connectivity index (χ4n) is 1.81. The van der Waals surface area contributed by atoms with E-state index in [1.165, 1.54) is 25.3 Å². The highest BCUT2D eigenvalue weighted by Crippen LogP contribution is 2.22. The van der Waals surface area contributed by atoms with E-state index < -0.39 is 11.9 Å². The van der Waals surface area contributed by atoms with Crippen molar-refractivity contribution in [2.75, 3.05) is 7.11 Å². The van der Waals surface area contributed by atoms with Gasteiger partial charge in [-0.05, 0) is 24.3 Å². The van der Waals surface area contributed by atoms with Crippen LogP contribution in [-0.4, -0.2) is 29.1 Å². The quantitative estimate of drug-likeness (QED) is 0.883. The first-order chi connectivity index (χ1) is 10.5. The number of carboxylic acids is 1. The number of rotatable bonds is 5. The minimum atomic E-state index is -1.19. The second kappa shape index (κ2) is 6.91. The third kappa shape index (κ3) is 3.73. The van der Waals surface area contributed by atoms with E-state index in [0.29, 0.717) is 10.8 Å². The highest BCUT2D eigenvalue weighted by molar-refractivity contribution is 6.30. The van der Waals surface area contributed by atoms with E-state index in [2.05, 4.69) is 10.3 Å². The molecular formula is C15H13ClN2O4. The van der Waals surface area contributed by atoms with Crippen LogP contribution in [0.1, 0.15) is 26.5 Å². The van der Waals surface area contributed by atoms with Crippen LogP contribution in [-0.2, 0) is 6.54 Å². The second-order valence-corrected chi connectivity index (χ2v) is 4.79. The number of hydrogen-bond donors (Lipinski definition) is 2. The van der Waals surface area contributed by atoms with Crippen LogP contribution in [0.2, 0.25) is 5.02 Å². The minimum Gasteiger partial charge on any atom is -0.496 e. The molecular weight excluding hydrogens is 308 g/mol. The van der Waals surface area contributed by atoms with E-state index in [9.17, 15) is 9.59 Å². The van der Waals surface area contributed by atoms with Crippen molar-refractivity contribution in [3.8, 4) is 5.75 Å². The Morgan fingerprint density at radius 3 is 2.68 bits per heavy atom. The number of methoxy groups -OCH3 is 1. The van der Waals surface area contributed by atoms with Crippen molar-refractivity contribution >= 4 is 23.5 Å². The number of benzene rings is 1. The van der Waals surface area contributed by atoms with Gasteiger partial charge < -0.3 is 15.2 Å². The third-order valence-electron chi connectivity index (χ3n) is 2.89. The number of halogens is 1. The Morgan fingerprint density at radius 2 is 2.00 bits per heavy atom. The van der Waals surface area contributed by atoms with Gasteiger partial charge in [-0.25, -0.2) is 9.78 Å². The van der Waals surface area contributed by atoms with Gasteiger partial charge in [0.05, 0.1) is 7.11 Å². The maximum absolute atomic E-state index is 12.0. The number of pyridine rings is 1. The summed E-state index contributed by atoms with van der Waals surface area (Å²) in [5, 5.41) is 12.1. The zero-order chi connectivity index (χ0) is 16.1. The van der Waals surface area contributed by atoms with Crippen molar-refractivity contribution in [1.82, 2.24) is 10.3 Å². The summed E-state index contributed by atoms with van der Waals surface area (Å²) in [5.74, 6) is -1.10. The Labute approximate surface area is 131 Å². The van der Waals surface area contributed by atoms with Crippen LogP contribution in [0.4, 0.5) is 0 Å². The number of aromatic carboxylic acids is 1. The molecule has 0 atom stereocenters. The monoisotopic (exact) mass is 320 g/mol. The van der Waals surface area contributed by atoms with Gasteiger partial charge in [-0.1, -0.05) is 23.7 Å². The predicted octanol–water partition coefficient (Wildman–Crippen LogP) is 2.37. The maximum atomic E-state index is 12.0. The number of carboxylic acid groups (broad SMARTS) is 1. The van der Waals surface area contributed by atoms with Gasteiger partial charge in [-0.3, -0.25) is 4.79 Å². The zero-order valence-corrected chi connectivity index (χ0v) is 12.4. The summed E-state index contributed by atoms with van der Waals surface area (Å²) in [5.41, 5.74) is 0.596. The van der Waals surface area contributed by atoms with Crippen molar-refractivity contribution in [2.24, 2.45) is 0 Å². The second-order valence-electron chi connectivity index (χ2n) is 4.35. The van der Waals surface area contributed by atoms with Gasteiger partial charge in [0, 0.05) is 17.1 Å². The molecule has 0 unspecified atom stereocenters. The van der Waals surface area contributed by atoms with Crippen molar-refractivity contribution in [3.05, 3.63) is 58.4 Å². The smallest absolute Gasteiger partial charge is 0.354 e. The predicted molar refractivity (Wildman–Crippen MR) is 80.4 cm³/mol. The molecule has 1 aromatic heterocycles. The lowest BCUT2D eigenvalue weighted by molar-refractivity contribution is 0.0690. The molecule has 114 valence electrons. The van der Waals surface area contributed by atoms with Crippen molar-refractivity contribution in [2.45, 2.75) is 6.54 Å². The summed E-state index contributed by atoms with van der Waals surface area (Å²) < 4.78 is 5.19. The Balaban J connectivity index is 2.10. The molecule has 0 bridgehead atoms. The molecule has 0 aliphatic heterocycles. The van der Waals surface area contributed by atoms with Crippen LogP contribution in [0.5, 0.6) is 5.75 Å². The van der Waals surface area contributed by atoms with Gasteiger partial charge in [-0.15, -0.1) is 0 Å². The Hall–Kier alpha value is -2.60. The SMILES string of the molecule is COc1cc(Cl)ccc1CNC(=O)c1cccc(C(=O)O)n1. The van der Waals surface area contributed by atoms with Crippen LogP contribution in [0.15, 0.2) is 36.4 Å². The third-order valence-corrected chi connectivity index (χ3v) is 3.12. The lowest BCUT2D eigenvalue weighted by Gasteiger charge is -2.10. The normalized spacial score (nSPS) is 10.1. The molecule has 22 heavy (non-hydrogen) atoms. The Kier molecular flexibility index (Phi) is 4.95. The lowest BCUT2D eigenvalue weighted by Crippen LogP contribution is -2.24. The molecule has 7 heteroatoms. The number of amides is 1. The van der Waals surface area contributed by atoms with Crippen molar-refractivity contribution < 1.29 is 19.4 Å². The average Bonchev–Trinajstić information content (AvgIpc) is 2.53. The largest absolute Gasteiger partial charge is 0.496 e. The molecule has 2 rings (SSSR count). The number of aromatic nitrogens is 1. The summed E-state index contributed by atoms with van der Waals surface area (Å²) >= 11 is 5.87. The number of nitrogens with zero attached hydrogens (tertiary/aromatic N) is 1. The van der Waals surface area contributed by atoms with Gasteiger partial charge in [0.1, 0.15) is 17.1 Å². The number of carbonyl (C=O) groups is 2. The molecule has 0 fully saturated rings. The molecule has 1 amide bonds. The van der Waals surface area contributed by atoms with E-state index in [1.807, 2.05) is 0 Å². The van der Waals surface area contributed by atoms with Gasteiger partial charge in [0.2, 0.25) is 0 Å². The number of nitrogens with one attached hydrogen (secondary N) is 1. The highest BCUT2D eigenvalue weighted by Gasteiger charge is 2.12. The van der Waals surface area contributed by atoms with E-state index in [4.69, 9.17) is 21.4 Å². The van der Waals surface area contributed by atoms with Crippen molar-refractivity contribution in [1.29, 1.82) is 0 Å². The molecule has 2 aromatic rings. The van der Waals surface area contributed by atoms with Gasteiger partial charge >= 0.3 is 5.97 Å². The summed E-state index contributed by atoms with van der Waals surface area (Å²) in [6, 6.07) is 9.31. The van der Waals surface area contributed by atoms with E-state index in [1.54, 1.807) is 18.2 Å². The van der Waals surface area contributed by atoms with Gasteiger partial charge in [0.25, 0.3) is 5.91 Å².